The number of anilines is 1. The molecule has 3 aromatic heterocycles. The smallest absolute Gasteiger partial charge is 0.283 e. The van der Waals surface area contributed by atoms with Gasteiger partial charge >= 0.3 is 0 Å². The number of pyridine rings is 1. The summed E-state index contributed by atoms with van der Waals surface area (Å²) in [4.78, 5) is 22.8. The fourth-order valence-electron chi connectivity index (χ4n) is 4.35. The summed E-state index contributed by atoms with van der Waals surface area (Å²) < 4.78 is 28.6. The number of hydrogen-bond donors (Lipinski definition) is 1. The van der Waals surface area contributed by atoms with Gasteiger partial charge in [-0.25, -0.2) is 13.8 Å². The summed E-state index contributed by atoms with van der Waals surface area (Å²) in [5, 5.41) is 25.2. The first-order valence-corrected chi connectivity index (χ1v) is 10.7. The van der Waals surface area contributed by atoms with Crippen molar-refractivity contribution in [2.45, 2.75) is 26.4 Å². The Kier molecular flexibility index (Phi) is 5.19. The quantitative estimate of drug-likeness (QED) is 0.436. The van der Waals surface area contributed by atoms with E-state index in [1.165, 1.54) is 17.6 Å². The van der Waals surface area contributed by atoms with Gasteiger partial charge in [-0.15, -0.1) is 0 Å². The van der Waals surface area contributed by atoms with Crippen LogP contribution < -0.4 is 4.90 Å². The van der Waals surface area contributed by atoms with Gasteiger partial charge in [0.15, 0.2) is 11.4 Å². The molecule has 0 spiro atoms. The Labute approximate surface area is 197 Å². The number of ketones is 1. The number of benzene rings is 1. The van der Waals surface area contributed by atoms with Crippen LogP contribution in [0.4, 0.5) is 14.6 Å². The highest BCUT2D eigenvalue weighted by Crippen LogP contribution is 2.41. The second kappa shape index (κ2) is 7.97. The van der Waals surface area contributed by atoms with Crippen molar-refractivity contribution in [3.8, 4) is 17.2 Å². The van der Waals surface area contributed by atoms with Crippen molar-refractivity contribution in [1.29, 1.82) is 5.26 Å². The highest BCUT2D eigenvalue weighted by Gasteiger charge is 2.33. The number of halogens is 3. The Morgan fingerprint density at radius 1 is 1.32 bits per heavy atom. The number of aromatic nitrogens is 4. The number of aliphatic hydroxyl groups is 1. The van der Waals surface area contributed by atoms with Gasteiger partial charge in [-0.1, -0.05) is 17.7 Å². The third-order valence-corrected chi connectivity index (χ3v) is 6.12. The molecular formula is C23H17ClF2N6O2. The minimum Gasteiger partial charge on any atom is -0.389 e. The minimum absolute atomic E-state index is 0.0103. The van der Waals surface area contributed by atoms with Crippen molar-refractivity contribution in [3.63, 3.8) is 0 Å². The number of hydrogen-bond acceptors (Lipinski definition) is 7. The van der Waals surface area contributed by atoms with E-state index in [4.69, 9.17) is 11.6 Å². The molecule has 0 atom stereocenters. The second-order valence-corrected chi connectivity index (χ2v) is 8.57. The van der Waals surface area contributed by atoms with Gasteiger partial charge in [0.2, 0.25) is 0 Å². The number of nitriles is 1. The zero-order chi connectivity index (χ0) is 24.3. The Morgan fingerprint density at radius 3 is 2.68 bits per heavy atom. The van der Waals surface area contributed by atoms with Crippen LogP contribution in [-0.4, -0.2) is 49.7 Å². The average Bonchev–Trinajstić information content (AvgIpc) is 3.13. The molecule has 1 saturated heterocycles. The van der Waals surface area contributed by atoms with Crippen LogP contribution in [-0.2, 0) is 0 Å². The lowest BCUT2D eigenvalue weighted by atomic mass is 9.96. The number of alkyl halides is 2. The first-order valence-electron chi connectivity index (χ1n) is 10.3. The Morgan fingerprint density at radius 2 is 2.06 bits per heavy atom. The number of β-amino-alcohol motifs (C(OH)–C–C–N with tert-alkyl or cyclic N) is 1. The lowest BCUT2D eigenvalue weighted by Crippen LogP contribution is -2.51. The molecule has 1 aliphatic heterocycles. The first-order chi connectivity index (χ1) is 16.2. The van der Waals surface area contributed by atoms with Crippen LogP contribution in [0.5, 0.6) is 0 Å². The molecule has 1 aromatic carbocycles. The monoisotopic (exact) mass is 482 g/mol. The zero-order valence-corrected chi connectivity index (χ0v) is 18.8. The summed E-state index contributed by atoms with van der Waals surface area (Å²) in [5.74, 6) is 0.173. The fourth-order valence-corrected chi connectivity index (χ4v) is 4.52. The molecule has 4 heterocycles. The first kappa shape index (κ1) is 22.1. The summed E-state index contributed by atoms with van der Waals surface area (Å²) in [6, 6.07) is 6.88. The van der Waals surface area contributed by atoms with E-state index in [0.29, 0.717) is 38.4 Å². The van der Waals surface area contributed by atoms with Crippen molar-refractivity contribution in [2.24, 2.45) is 0 Å². The highest BCUT2D eigenvalue weighted by atomic mass is 35.5. The summed E-state index contributed by atoms with van der Waals surface area (Å²) in [6.45, 7) is 3.61. The van der Waals surface area contributed by atoms with E-state index in [9.17, 15) is 23.9 Å². The SMILES string of the molecule is CC(=O)c1ncc(-c2c(C)nc3c(C#N)c(C(F)F)nn3c2N2CC(O)C2)c2ccc(Cl)cc12. The number of Topliss-reactive ketones (excluding diaryl/α,β-unsaturated/α-hetero) is 1. The second-order valence-electron chi connectivity index (χ2n) is 8.13. The number of aryl methyl sites for hydroxylation is 1. The van der Waals surface area contributed by atoms with E-state index in [2.05, 4.69) is 15.1 Å². The van der Waals surface area contributed by atoms with Crippen LogP contribution in [0.3, 0.4) is 0 Å². The predicted molar refractivity (Wildman–Crippen MR) is 121 cm³/mol. The maximum absolute atomic E-state index is 13.7. The van der Waals surface area contributed by atoms with E-state index in [0.717, 1.165) is 0 Å². The van der Waals surface area contributed by atoms with Crippen LogP contribution in [0.25, 0.3) is 27.5 Å². The third-order valence-electron chi connectivity index (χ3n) is 5.88. The molecule has 0 radical (unpaired) electrons. The van der Waals surface area contributed by atoms with Gasteiger partial charge in [0, 0.05) is 47.7 Å². The van der Waals surface area contributed by atoms with Crippen molar-refractivity contribution in [3.05, 3.63) is 52.1 Å². The van der Waals surface area contributed by atoms with E-state index in [1.54, 1.807) is 36.1 Å². The lowest BCUT2D eigenvalue weighted by Gasteiger charge is -2.39. The molecule has 172 valence electrons. The summed E-state index contributed by atoms with van der Waals surface area (Å²) in [5.41, 5.74) is 0.893. The normalized spacial score (nSPS) is 14.1. The van der Waals surface area contributed by atoms with Crippen LogP contribution in [0.2, 0.25) is 5.02 Å². The van der Waals surface area contributed by atoms with Gasteiger partial charge in [-0.05, 0) is 24.4 Å². The molecule has 0 unspecified atom stereocenters. The number of nitrogens with zero attached hydrogens (tertiary/aromatic N) is 6. The Hall–Kier alpha value is -3.68. The summed E-state index contributed by atoms with van der Waals surface area (Å²) in [7, 11) is 0. The third kappa shape index (κ3) is 3.28. The van der Waals surface area contributed by atoms with Crippen molar-refractivity contribution in [1.82, 2.24) is 19.6 Å². The van der Waals surface area contributed by atoms with Crippen LogP contribution in [0, 0.1) is 18.3 Å². The van der Waals surface area contributed by atoms with Crippen molar-refractivity contribution in [2.75, 3.05) is 18.0 Å². The number of aliphatic hydroxyl groups excluding tert-OH is 1. The molecule has 0 bridgehead atoms. The van der Waals surface area contributed by atoms with Gasteiger partial charge in [0.25, 0.3) is 6.43 Å². The van der Waals surface area contributed by atoms with Gasteiger partial charge in [0.1, 0.15) is 28.8 Å². The van der Waals surface area contributed by atoms with E-state index in [1.807, 2.05) is 0 Å². The van der Waals surface area contributed by atoms with Gasteiger partial charge in [0.05, 0.1) is 11.8 Å². The van der Waals surface area contributed by atoms with E-state index >= 15 is 0 Å². The van der Waals surface area contributed by atoms with Crippen molar-refractivity contribution >= 4 is 39.6 Å². The number of rotatable bonds is 4. The fraction of sp³-hybridized carbons (Fsp3) is 0.261. The largest absolute Gasteiger partial charge is 0.389 e. The number of fused-ring (bicyclic) bond motifs is 2. The van der Waals surface area contributed by atoms with E-state index < -0.39 is 18.2 Å². The molecule has 0 saturated carbocycles. The molecule has 34 heavy (non-hydrogen) atoms. The van der Waals surface area contributed by atoms with E-state index in [-0.39, 0.29) is 35.8 Å². The molecule has 11 heteroatoms. The molecular weight excluding hydrogens is 466 g/mol. The minimum atomic E-state index is -2.96. The van der Waals surface area contributed by atoms with Gasteiger partial charge in [-0.3, -0.25) is 9.78 Å². The molecule has 0 aliphatic carbocycles. The molecule has 8 nitrogen and oxygen atoms in total. The maximum Gasteiger partial charge on any atom is 0.283 e. The molecule has 0 amide bonds. The van der Waals surface area contributed by atoms with Crippen LogP contribution >= 0.6 is 11.6 Å². The molecule has 1 N–H and O–H groups in total. The Balaban J connectivity index is 1.90. The van der Waals surface area contributed by atoms with Crippen LogP contribution in [0.15, 0.2) is 24.4 Å². The molecule has 4 aromatic rings. The topological polar surface area (TPSA) is 107 Å². The number of carbonyl (C=O) groups is 1. The molecule has 1 aliphatic rings. The molecule has 1 fully saturated rings. The van der Waals surface area contributed by atoms with Crippen molar-refractivity contribution < 1.29 is 18.7 Å². The lowest BCUT2D eigenvalue weighted by molar-refractivity contribution is 0.101. The summed E-state index contributed by atoms with van der Waals surface area (Å²) >= 11 is 6.19. The molecule has 5 rings (SSSR count). The standard InChI is InChI=1S/C23H17ClF2N6O2/c1-10-18(17-7-28-19(11(2)33)15-5-12(24)3-4-14(15)17)23(31-8-13(34)9-31)32-22(29-10)16(6-27)20(30-32)21(25)26/h3-5,7,13,21,34H,8-9H2,1-2H3. The average molecular weight is 483 g/mol. The highest BCUT2D eigenvalue weighted by molar-refractivity contribution is 6.31. The van der Waals surface area contributed by atoms with Gasteiger partial charge < -0.3 is 10.0 Å². The van der Waals surface area contributed by atoms with Gasteiger partial charge in [-0.2, -0.15) is 14.9 Å². The Bertz CT molecular complexity index is 1540. The zero-order valence-electron chi connectivity index (χ0n) is 18.1. The number of carbonyl (C=O) groups excluding carboxylic acids is 1. The summed E-state index contributed by atoms with van der Waals surface area (Å²) in [6.07, 6.45) is -2.02. The predicted octanol–water partition coefficient (Wildman–Crippen LogP) is 4.10. The maximum atomic E-state index is 13.7. The van der Waals surface area contributed by atoms with Crippen LogP contribution in [0.1, 0.15) is 40.8 Å².